The SMILES string of the molecule is CC.CC.CC.CC(C)C.CCC.CCC.CCC1C(C)C=CC2=CCCC21. The molecule has 0 bridgehead atoms. The monoisotopic (exact) mass is 398 g/mol. The summed E-state index contributed by atoms with van der Waals surface area (Å²) in [5, 5.41) is 0. The minimum atomic E-state index is 0.801. The number of hydrogen-bond donors (Lipinski definition) is 0. The first-order valence-corrected chi connectivity index (χ1v) is 12.8. The van der Waals surface area contributed by atoms with Crippen molar-refractivity contribution in [3.63, 3.8) is 0 Å². The van der Waals surface area contributed by atoms with Crippen LogP contribution in [0.4, 0.5) is 0 Å². The van der Waals surface area contributed by atoms with Crippen LogP contribution in [0.15, 0.2) is 23.8 Å². The molecule has 0 heteroatoms. The van der Waals surface area contributed by atoms with E-state index in [0.29, 0.717) is 0 Å². The summed E-state index contributed by atoms with van der Waals surface area (Å²) in [6, 6.07) is 0. The first-order valence-electron chi connectivity index (χ1n) is 12.8. The van der Waals surface area contributed by atoms with E-state index in [-0.39, 0.29) is 0 Å². The van der Waals surface area contributed by atoms with Gasteiger partial charge in [0.2, 0.25) is 0 Å². The molecular formula is C28H62. The van der Waals surface area contributed by atoms with Crippen LogP contribution in [0, 0.1) is 23.7 Å². The molecule has 0 nitrogen and oxygen atoms in total. The van der Waals surface area contributed by atoms with E-state index in [9.17, 15) is 0 Å². The van der Waals surface area contributed by atoms with Gasteiger partial charge in [0, 0.05) is 0 Å². The van der Waals surface area contributed by atoms with E-state index in [1.165, 1.54) is 32.1 Å². The third-order valence-electron chi connectivity index (χ3n) is 3.54. The third kappa shape index (κ3) is 25.5. The molecule has 0 amide bonds. The van der Waals surface area contributed by atoms with Gasteiger partial charge in [0.25, 0.3) is 0 Å². The van der Waals surface area contributed by atoms with Crippen LogP contribution >= 0.6 is 0 Å². The summed E-state index contributed by atoms with van der Waals surface area (Å²) in [4.78, 5) is 0. The Labute approximate surface area is 183 Å². The molecule has 0 radical (unpaired) electrons. The van der Waals surface area contributed by atoms with Crippen molar-refractivity contribution < 1.29 is 0 Å². The average molecular weight is 399 g/mol. The minimum Gasteiger partial charge on any atom is -0.0811 e. The number of fused-ring (bicyclic) bond motifs is 1. The van der Waals surface area contributed by atoms with Crippen molar-refractivity contribution in [2.45, 2.75) is 136 Å². The molecule has 0 aromatic carbocycles. The standard InChI is InChI=1S/C12H18.C4H10.2C3H8.3C2H6/c1-3-11-9(2)7-8-10-5-4-6-12(10)11;1-4(2)3;2*1-3-2;3*1-2/h5,7-9,11-12H,3-4,6H2,1-2H3;4H,1-3H3;2*3H2,1-2H3;3*1-2H3. The summed E-state index contributed by atoms with van der Waals surface area (Å²) >= 11 is 0. The van der Waals surface area contributed by atoms with Gasteiger partial charge in [0.15, 0.2) is 0 Å². The van der Waals surface area contributed by atoms with Gasteiger partial charge in [-0.1, -0.05) is 141 Å². The Morgan fingerprint density at radius 1 is 0.821 bits per heavy atom. The fraction of sp³-hybridized carbons (Fsp3) is 0.857. The first-order chi connectivity index (χ1) is 13.4. The minimum absolute atomic E-state index is 0.801. The van der Waals surface area contributed by atoms with Crippen LogP contribution in [-0.2, 0) is 0 Å². The van der Waals surface area contributed by atoms with Gasteiger partial charge in [-0.25, -0.2) is 0 Å². The Hall–Kier alpha value is -0.520. The van der Waals surface area contributed by atoms with Crippen LogP contribution in [0.3, 0.4) is 0 Å². The lowest BCUT2D eigenvalue weighted by Gasteiger charge is -2.31. The van der Waals surface area contributed by atoms with E-state index < -0.39 is 0 Å². The lowest BCUT2D eigenvalue weighted by molar-refractivity contribution is 0.291. The van der Waals surface area contributed by atoms with Gasteiger partial charge in [-0.3, -0.25) is 0 Å². The van der Waals surface area contributed by atoms with Crippen molar-refractivity contribution in [3.05, 3.63) is 23.8 Å². The molecular weight excluding hydrogens is 336 g/mol. The van der Waals surface area contributed by atoms with Crippen molar-refractivity contribution in [1.29, 1.82) is 0 Å². The zero-order valence-electron chi connectivity index (χ0n) is 23.1. The molecule has 0 aromatic rings. The topological polar surface area (TPSA) is 0 Å². The van der Waals surface area contributed by atoms with Crippen LogP contribution in [0.5, 0.6) is 0 Å². The molecule has 2 aliphatic carbocycles. The van der Waals surface area contributed by atoms with Gasteiger partial charge in [-0.15, -0.1) is 0 Å². The Morgan fingerprint density at radius 2 is 1.18 bits per heavy atom. The normalized spacial score (nSPS) is 20.1. The molecule has 0 N–H and O–H groups in total. The Balaban J connectivity index is -0.0000000930. The van der Waals surface area contributed by atoms with Gasteiger partial charge in [-0.05, 0) is 42.1 Å². The maximum atomic E-state index is 2.43. The van der Waals surface area contributed by atoms with Crippen LogP contribution in [0.25, 0.3) is 0 Å². The third-order valence-corrected chi connectivity index (χ3v) is 3.54. The number of rotatable bonds is 1. The number of hydrogen-bond acceptors (Lipinski definition) is 0. The molecule has 28 heavy (non-hydrogen) atoms. The van der Waals surface area contributed by atoms with Crippen LogP contribution in [0.1, 0.15) is 136 Å². The first kappa shape index (κ1) is 38.1. The summed E-state index contributed by atoms with van der Waals surface area (Å²) in [6.45, 7) is 31.7. The molecule has 3 unspecified atom stereocenters. The van der Waals surface area contributed by atoms with Crippen molar-refractivity contribution in [1.82, 2.24) is 0 Å². The Bertz CT molecular complexity index is 278. The molecule has 0 fully saturated rings. The van der Waals surface area contributed by atoms with Crippen molar-refractivity contribution in [2.75, 3.05) is 0 Å². The summed E-state index contributed by atoms with van der Waals surface area (Å²) in [5.74, 6) is 3.45. The lowest BCUT2D eigenvalue weighted by atomic mass is 9.73. The van der Waals surface area contributed by atoms with Crippen molar-refractivity contribution in [2.24, 2.45) is 23.7 Å². The maximum Gasteiger partial charge on any atom is -0.0129 e. The second-order valence-corrected chi connectivity index (χ2v) is 7.32. The highest BCUT2D eigenvalue weighted by molar-refractivity contribution is 5.30. The van der Waals surface area contributed by atoms with Gasteiger partial charge < -0.3 is 0 Å². The van der Waals surface area contributed by atoms with Crippen LogP contribution < -0.4 is 0 Å². The summed E-state index contributed by atoms with van der Waals surface area (Å²) < 4.78 is 0. The maximum absolute atomic E-state index is 2.43. The quantitative estimate of drug-likeness (QED) is 0.412. The summed E-state index contributed by atoms with van der Waals surface area (Å²) in [6.07, 6.45) is 13.7. The van der Waals surface area contributed by atoms with Gasteiger partial charge in [0.05, 0.1) is 0 Å². The van der Waals surface area contributed by atoms with E-state index in [2.05, 4.69) is 80.5 Å². The highest BCUT2D eigenvalue weighted by Crippen LogP contribution is 2.42. The molecule has 0 saturated carbocycles. The fourth-order valence-electron chi connectivity index (χ4n) is 2.83. The molecule has 2 aliphatic rings. The van der Waals surface area contributed by atoms with E-state index in [0.717, 1.165) is 23.7 Å². The predicted molar refractivity (Wildman–Crippen MR) is 139 cm³/mol. The second kappa shape index (κ2) is 34.0. The Morgan fingerprint density at radius 3 is 1.50 bits per heavy atom. The molecule has 0 spiro atoms. The zero-order valence-corrected chi connectivity index (χ0v) is 23.1. The second-order valence-electron chi connectivity index (χ2n) is 7.32. The fourth-order valence-corrected chi connectivity index (χ4v) is 2.83. The summed E-state index contributed by atoms with van der Waals surface area (Å²) in [5.41, 5.74) is 1.62. The van der Waals surface area contributed by atoms with Gasteiger partial charge in [0.1, 0.15) is 0 Å². The van der Waals surface area contributed by atoms with Crippen molar-refractivity contribution >= 4 is 0 Å². The smallest absolute Gasteiger partial charge is 0.0129 e. The van der Waals surface area contributed by atoms with E-state index in [1.54, 1.807) is 5.57 Å². The lowest BCUT2D eigenvalue weighted by Crippen LogP contribution is -2.22. The molecule has 0 aliphatic heterocycles. The number of allylic oxidation sites excluding steroid dienone is 4. The molecule has 0 heterocycles. The molecule has 0 aromatic heterocycles. The van der Waals surface area contributed by atoms with Gasteiger partial charge in [-0.2, -0.15) is 0 Å². The largest absolute Gasteiger partial charge is 0.0811 e. The van der Waals surface area contributed by atoms with Crippen molar-refractivity contribution in [3.8, 4) is 0 Å². The van der Waals surface area contributed by atoms with Gasteiger partial charge >= 0.3 is 0 Å². The Kier molecular flexibility index (Phi) is 46.3. The predicted octanol–water partition coefficient (Wildman–Crippen LogP) is 11.1. The zero-order chi connectivity index (χ0) is 23.5. The van der Waals surface area contributed by atoms with E-state index >= 15 is 0 Å². The highest BCUT2D eigenvalue weighted by Gasteiger charge is 2.31. The van der Waals surface area contributed by atoms with E-state index in [1.807, 2.05) is 41.5 Å². The van der Waals surface area contributed by atoms with Crippen LogP contribution in [-0.4, -0.2) is 0 Å². The summed E-state index contributed by atoms with van der Waals surface area (Å²) in [7, 11) is 0. The molecule has 174 valence electrons. The van der Waals surface area contributed by atoms with Crippen LogP contribution in [0.2, 0.25) is 0 Å². The highest BCUT2D eigenvalue weighted by atomic mass is 14.4. The average Bonchev–Trinajstić information content (AvgIpc) is 3.16. The molecule has 3 atom stereocenters. The molecule has 2 rings (SSSR count). The molecule has 0 saturated heterocycles. The van der Waals surface area contributed by atoms with E-state index in [4.69, 9.17) is 0 Å².